The van der Waals surface area contributed by atoms with Crippen molar-refractivity contribution in [1.82, 2.24) is 0 Å². The maximum absolute atomic E-state index is 12.5. The zero-order valence-electron chi connectivity index (χ0n) is 12.6. The minimum absolute atomic E-state index is 0.0860. The Labute approximate surface area is 126 Å². The van der Waals surface area contributed by atoms with Gasteiger partial charge in [-0.15, -0.1) is 0 Å². The number of benzene rings is 2. The van der Waals surface area contributed by atoms with Crippen molar-refractivity contribution < 1.29 is 9.90 Å². The average Bonchev–Trinajstić information content (AvgIpc) is 2.53. The number of hydrogen-bond donors (Lipinski definition) is 1. The molecule has 0 bridgehead atoms. The summed E-state index contributed by atoms with van der Waals surface area (Å²) in [5.41, 5.74) is 1.87. The number of ketones is 1. The van der Waals surface area contributed by atoms with Crippen molar-refractivity contribution in [2.24, 2.45) is 11.8 Å². The molecule has 21 heavy (non-hydrogen) atoms. The summed E-state index contributed by atoms with van der Waals surface area (Å²) < 4.78 is 0. The van der Waals surface area contributed by atoms with Gasteiger partial charge in [-0.2, -0.15) is 0 Å². The molecule has 2 aromatic carbocycles. The molecule has 2 heteroatoms. The zero-order valence-corrected chi connectivity index (χ0v) is 12.6. The van der Waals surface area contributed by atoms with E-state index in [0.29, 0.717) is 6.42 Å². The highest BCUT2D eigenvalue weighted by atomic mass is 16.3. The second kappa shape index (κ2) is 7.19. The van der Waals surface area contributed by atoms with Crippen LogP contribution in [-0.2, 0) is 11.2 Å². The summed E-state index contributed by atoms with van der Waals surface area (Å²) in [6.45, 7) is 3.77. The fourth-order valence-electron chi connectivity index (χ4n) is 2.55. The highest BCUT2D eigenvalue weighted by molar-refractivity contribution is 5.83. The number of carbonyl (C=O) groups excluding carboxylic acids is 1. The summed E-state index contributed by atoms with van der Waals surface area (Å²) in [6, 6.07) is 19.3. The molecule has 110 valence electrons. The molecule has 0 heterocycles. The van der Waals surface area contributed by atoms with E-state index in [0.717, 1.165) is 11.1 Å². The lowest BCUT2D eigenvalue weighted by Crippen LogP contribution is -2.28. The van der Waals surface area contributed by atoms with E-state index in [-0.39, 0.29) is 11.7 Å². The Morgan fingerprint density at radius 3 is 2.00 bits per heavy atom. The molecule has 0 aliphatic heterocycles. The summed E-state index contributed by atoms with van der Waals surface area (Å²) in [4.78, 5) is 12.5. The summed E-state index contributed by atoms with van der Waals surface area (Å²) in [7, 11) is 0. The lowest BCUT2D eigenvalue weighted by molar-refractivity contribution is -0.129. The molecular formula is C19H22O2. The second-order valence-corrected chi connectivity index (χ2v) is 5.71. The van der Waals surface area contributed by atoms with Crippen LogP contribution in [0.4, 0.5) is 0 Å². The van der Waals surface area contributed by atoms with Crippen molar-refractivity contribution in [3.05, 3.63) is 71.8 Å². The Balaban J connectivity index is 2.26. The van der Waals surface area contributed by atoms with Crippen LogP contribution in [0.1, 0.15) is 31.1 Å². The smallest absolute Gasteiger partial charge is 0.141 e. The zero-order chi connectivity index (χ0) is 15.2. The van der Waals surface area contributed by atoms with Crippen LogP contribution in [0.3, 0.4) is 0 Å². The van der Waals surface area contributed by atoms with Gasteiger partial charge >= 0.3 is 0 Å². The summed E-state index contributed by atoms with van der Waals surface area (Å²) in [6.07, 6.45) is -0.199. The van der Waals surface area contributed by atoms with Crippen LogP contribution in [0.25, 0.3) is 0 Å². The lowest BCUT2D eigenvalue weighted by atomic mass is 9.83. The van der Waals surface area contributed by atoms with Gasteiger partial charge in [0.2, 0.25) is 0 Å². The number of aliphatic hydroxyl groups excluding tert-OH is 1. The fourth-order valence-corrected chi connectivity index (χ4v) is 2.55. The van der Waals surface area contributed by atoms with Crippen LogP contribution >= 0.6 is 0 Å². The van der Waals surface area contributed by atoms with E-state index in [1.165, 1.54) is 0 Å². The Morgan fingerprint density at radius 1 is 0.952 bits per heavy atom. The largest absolute Gasteiger partial charge is 0.388 e. The van der Waals surface area contributed by atoms with Crippen LogP contribution in [-0.4, -0.2) is 10.9 Å². The van der Waals surface area contributed by atoms with Gasteiger partial charge in [0.25, 0.3) is 0 Å². The minimum Gasteiger partial charge on any atom is -0.388 e. The number of carbonyl (C=O) groups is 1. The molecule has 0 amide bonds. The molecule has 1 N–H and O–H groups in total. The van der Waals surface area contributed by atoms with Crippen molar-refractivity contribution in [2.45, 2.75) is 26.4 Å². The summed E-state index contributed by atoms with van der Waals surface area (Å²) in [5, 5.41) is 10.6. The monoisotopic (exact) mass is 282 g/mol. The second-order valence-electron chi connectivity index (χ2n) is 5.71. The van der Waals surface area contributed by atoms with E-state index in [2.05, 4.69) is 0 Å². The third-order valence-electron chi connectivity index (χ3n) is 3.76. The van der Waals surface area contributed by atoms with Crippen LogP contribution in [0, 0.1) is 11.8 Å². The third kappa shape index (κ3) is 4.02. The lowest BCUT2D eigenvalue weighted by Gasteiger charge is -2.24. The molecule has 0 unspecified atom stereocenters. The molecular weight excluding hydrogens is 260 g/mol. The molecule has 0 spiro atoms. The van der Waals surface area contributed by atoms with Gasteiger partial charge in [0.1, 0.15) is 5.78 Å². The quantitative estimate of drug-likeness (QED) is 0.875. The van der Waals surface area contributed by atoms with Gasteiger partial charge in [-0.05, 0) is 17.5 Å². The molecule has 0 aliphatic rings. The first kappa shape index (κ1) is 15.5. The molecule has 0 aromatic heterocycles. The van der Waals surface area contributed by atoms with Crippen LogP contribution in [0.2, 0.25) is 0 Å². The molecule has 0 aliphatic carbocycles. The van der Waals surface area contributed by atoms with Gasteiger partial charge in [-0.25, -0.2) is 0 Å². The highest BCUT2D eigenvalue weighted by Gasteiger charge is 2.29. The molecule has 2 aromatic rings. The normalized spacial score (nSPS) is 13.9. The van der Waals surface area contributed by atoms with E-state index < -0.39 is 12.0 Å². The van der Waals surface area contributed by atoms with Crippen molar-refractivity contribution >= 4 is 5.78 Å². The predicted molar refractivity (Wildman–Crippen MR) is 84.9 cm³/mol. The van der Waals surface area contributed by atoms with Crippen LogP contribution < -0.4 is 0 Å². The third-order valence-corrected chi connectivity index (χ3v) is 3.76. The first-order valence-corrected chi connectivity index (χ1v) is 7.40. The van der Waals surface area contributed by atoms with E-state index >= 15 is 0 Å². The Morgan fingerprint density at radius 2 is 1.48 bits per heavy atom. The number of Topliss-reactive ketones (excluding diaryl/α,β-unsaturated/α-hetero) is 1. The van der Waals surface area contributed by atoms with Crippen LogP contribution in [0.5, 0.6) is 0 Å². The van der Waals surface area contributed by atoms with Crippen molar-refractivity contribution in [3.8, 4) is 0 Å². The molecule has 0 radical (unpaired) electrons. The van der Waals surface area contributed by atoms with Crippen LogP contribution in [0.15, 0.2) is 60.7 Å². The van der Waals surface area contributed by atoms with E-state index in [4.69, 9.17) is 0 Å². The molecule has 2 rings (SSSR count). The Bertz CT molecular complexity index is 561. The van der Waals surface area contributed by atoms with Crippen molar-refractivity contribution in [3.63, 3.8) is 0 Å². The molecule has 2 atom stereocenters. The molecule has 0 saturated heterocycles. The van der Waals surface area contributed by atoms with Crippen molar-refractivity contribution in [2.75, 3.05) is 0 Å². The van der Waals surface area contributed by atoms with Gasteiger partial charge in [-0.3, -0.25) is 4.79 Å². The van der Waals surface area contributed by atoms with Gasteiger partial charge in [0, 0.05) is 5.92 Å². The highest BCUT2D eigenvalue weighted by Crippen LogP contribution is 2.28. The number of hydrogen-bond acceptors (Lipinski definition) is 2. The molecule has 0 fully saturated rings. The molecule has 0 saturated carbocycles. The van der Waals surface area contributed by atoms with E-state index in [9.17, 15) is 9.90 Å². The van der Waals surface area contributed by atoms with E-state index in [1.807, 2.05) is 74.5 Å². The fraction of sp³-hybridized carbons (Fsp3) is 0.316. The minimum atomic E-state index is -0.763. The average molecular weight is 282 g/mol. The number of rotatable bonds is 6. The standard InChI is InChI=1S/C19H22O2/c1-14(2)18(20)17(13-15-9-5-3-6-10-15)19(21)16-11-7-4-8-12-16/h3-12,14,17,19,21H,13H2,1-2H3/t17-,19+/m0/s1. The Kier molecular flexibility index (Phi) is 5.29. The summed E-state index contributed by atoms with van der Waals surface area (Å²) >= 11 is 0. The SMILES string of the molecule is CC(C)C(=O)[C@H](Cc1ccccc1)[C@H](O)c1ccccc1. The molecule has 2 nitrogen and oxygen atoms in total. The Hall–Kier alpha value is -1.93. The van der Waals surface area contributed by atoms with Gasteiger partial charge in [0.05, 0.1) is 12.0 Å². The maximum Gasteiger partial charge on any atom is 0.141 e. The van der Waals surface area contributed by atoms with E-state index in [1.54, 1.807) is 0 Å². The van der Waals surface area contributed by atoms with Gasteiger partial charge in [-0.1, -0.05) is 74.5 Å². The predicted octanol–water partition coefficient (Wildman–Crippen LogP) is 3.80. The van der Waals surface area contributed by atoms with Gasteiger partial charge < -0.3 is 5.11 Å². The number of aliphatic hydroxyl groups is 1. The first-order valence-electron chi connectivity index (χ1n) is 7.40. The summed E-state index contributed by atoms with van der Waals surface area (Å²) in [5.74, 6) is -0.387. The topological polar surface area (TPSA) is 37.3 Å². The van der Waals surface area contributed by atoms with Crippen molar-refractivity contribution in [1.29, 1.82) is 0 Å². The maximum atomic E-state index is 12.5. The van der Waals surface area contributed by atoms with Gasteiger partial charge in [0.15, 0.2) is 0 Å². The first-order chi connectivity index (χ1) is 10.1.